The monoisotopic (exact) mass is 478 g/mol. The Morgan fingerprint density at radius 3 is 2.39 bits per heavy atom. The van der Waals surface area contributed by atoms with E-state index in [-0.39, 0.29) is 19.4 Å². The summed E-state index contributed by atoms with van der Waals surface area (Å²) in [5, 5.41) is 31.1. The van der Waals surface area contributed by atoms with Crippen LogP contribution in [0.1, 0.15) is 24.8 Å². The quantitative estimate of drug-likeness (QED) is 0.352. The van der Waals surface area contributed by atoms with Crippen LogP contribution in [0.25, 0.3) is 0 Å². The standard InChI is InChI=1S/C24H27ClO8/c25-17-10-8-16(9-11-17)5-4-12-32-24(23(29)30)13-19(26)22(28)20(14-24)33-21(27)15-31-18-6-2-1-3-7-18/h1-3,6-11,19-20,22,26,28H,4-5,12-15H2,(H,29,30)/t19-,20-,22-,24+/m1/s1. The van der Waals surface area contributed by atoms with E-state index in [0.717, 1.165) is 5.56 Å². The van der Waals surface area contributed by atoms with Gasteiger partial charge in [0.25, 0.3) is 0 Å². The van der Waals surface area contributed by atoms with Gasteiger partial charge in [0.05, 0.1) is 6.10 Å². The molecule has 0 bridgehead atoms. The maximum absolute atomic E-state index is 12.2. The van der Waals surface area contributed by atoms with E-state index in [9.17, 15) is 24.9 Å². The number of aliphatic hydroxyl groups is 2. The molecule has 8 nitrogen and oxygen atoms in total. The fourth-order valence-corrected chi connectivity index (χ4v) is 3.88. The number of aryl methyl sites for hydroxylation is 1. The highest BCUT2D eigenvalue weighted by Gasteiger charge is 2.52. The molecule has 1 fully saturated rings. The summed E-state index contributed by atoms with van der Waals surface area (Å²) in [6.07, 6.45) is -3.56. The third-order valence-electron chi connectivity index (χ3n) is 5.52. The van der Waals surface area contributed by atoms with E-state index in [4.69, 9.17) is 25.8 Å². The van der Waals surface area contributed by atoms with Crippen molar-refractivity contribution in [2.45, 2.75) is 49.6 Å². The zero-order valence-electron chi connectivity index (χ0n) is 17.9. The second-order valence-corrected chi connectivity index (χ2v) is 8.41. The Morgan fingerprint density at radius 1 is 1.03 bits per heavy atom. The largest absolute Gasteiger partial charge is 0.482 e. The first-order chi connectivity index (χ1) is 15.8. The molecule has 2 aromatic rings. The second kappa shape index (κ2) is 11.5. The van der Waals surface area contributed by atoms with Gasteiger partial charge in [-0.15, -0.1) is 0 Å². The molecule has 0 aromatic heterocycles. The summed E-state index contributed by atoms with van der Waals surface area (Å²) in [4.78, 5) is 24.3. The van der Waals surface area contributed by atoms with E-state index >= 15 is 0 Å². The van der Waals surface area contributed by atoms with Crippen molar-refractivity contribution in [2.75, 3.05) is 13.2 Å². The Balaban J connectivity index is 1.57. The smallest absolute Gasteiger partial charge is 0.344 e. The van der Waals surface area contributed by atoms with Crippen LogP contribution in [0.2, 0.25) is 5.02 Å². The molecule has 1 aliphatic rings. The molecule has 0 aliphatic heterocycles. The molecule has 33 heavy (non-hydrogen) atoms. The lowest BCUT2D eigenvalue weighted by Gasteiger charge is -2.42. The number of hydrogen-bond donors (Lipinski definition) is 3. The number of carbonyl (C=O) groups excluding carboxylic acids is 1. The number of esters is 1. The maximum atomic E-state index is 12.2. The SMILES string of the molecule is O=C(COc1ccccc1)O[C@@H]1C[C@](OCCCc2ccc(Cl)cc2)(C(=O)O)C[C@@H](O)[C@H]1O. The lowest BCUT2D eigenvalue weighted by atomic mass is 9.79. The Bertz CT molecular complexity index is 920. The molecule has 0 unspecified atom stereocenters. The number of carboxylic acid groups (broad SMARTS) is 1. The van der Waals surface area contributed by atoms with Gasteiger partial charge in [0.2, 0.25) is 0 Å². The summed E-state index contributed by atoms with van der Waals surface area (Å²) in [5.41, 5.74) is -0.763. The fraction of sp³-hybridized carbons (Fsp3) is 0.417. The van der Waals surface area contributed by atoms with Gasteiger partial charge in [-0.1, -0.05) is 41.9 Å². The van der Waals surface area contributed by atoms with Crippen molar-refractivity contribution in [1.29, 1.82) is 0 Å². The van der Waals surface area contributed by atoms with E-state index in [1.165, 1.54) is 0 Å². The zero-order chi connectivity index (χ0) is 23.8. The van der Waals surface area contributed by atoms with Crippen molar-refractivity contribution in [3.63, 3.8) is 0 Å². The Labute approximate surface area is 196 Å². The van der Waals surface area contributed by atoms with E-state index in [1.54, 1.807) is 42.5 Å². The van der Waals surface area contributed by atoms with Crippen molar-refractivity contribution in [3.8, 4) is 5.75 Å². The highest BCUT2D eigenvalue weighted by atomic mass is 35.5. The molecule has 178 valence electrons. The molecule has 0 radical (unpaired) electrons. The van der Waals surface area contributed by atoms with E-state index in [0.29, 0.717) is 23.6 Å². The normalized spacial score (nSPS) is 24.8. The molecule has 4 atom stereocenters. The van der Waals surface area contributed by atoms with Crippen LogP contribution in [-0.2, 0) is 25.5 Å². The molecule has 0 amide bonds. The lowest BCUT2D eigenvalue weighted by Crippen LogP contribution is -2.58. The highest BCUT2D eigenvalue weighted by Crippen LogP contribution is 2.35. The minimum Gasteiger partial charge on any atom is -0.482 e. The van der Waals surface area contributed by atoms with E-state index in [1.807, 2.05) is 12.1 Å². The van der Waals surface area contributed by atoms with Gasteiger partial charge >= 0.3 is 11.9 Å². The molecule has 1 saturated carbocycles. The number of hydrogen-bond acceptors (Lipinski definition) is 7. The van der Waals surface area contributed by atoms with Gasteiger partial charge in [-0.25, -0.2) is 9.59 Å². The van der Waals surface area contributed by atoms with Crippen molar-refractivity contribution < 1.29 is 39.1 Å². The second-order valence-electron chi connectivity index (χ2n) is 7.97. The zero-order valence-corrected chi connectivity index (χ0v) is 18.7. The van der Waals surface area contributed by atoms with Crippen molar-refractivity contribution >= 4 is 23.5 Å². The summed E-state index contributed by atoms with van der Waals surface area (Å²) in [6.45, 7) is -0.319. The van der Waals surface area contributed by atoms with Gasteiger partial charge in [0.1, 0.15) is 18.0 Å². The van der Waals surface area contributed by atoms with Crippen LogP contribution in [0, 0.1) is 0 Å². The van der Waals surface area contributed by atoms with Crippen LogP contribution in [-0.4, -0.2) is 64.4 Å². The van der Waals surface area contributed by atoms with Gasteiger partial charge < -0.3 is 29.5 Å². The molecule has 0 saturated heterocycles. The number of aliphatic carboxylic acids is 1. The van der Waals surface area contributed by atoms with Gasteiger partial charge in [-0.05, 0) is 42.7 Å². The van der Waals surface area contributed by atoms with Crippen molar-refractivity contribution in [2.24, 2.45) is 0 Å². The van der Waals surface area contributed by atoms with Gasteiger partial charge in [0, 0.05) is 24.5 Å². The molecule has 9 heteroatoms. The average Bonchev–Trinajstić information content (AvgIpc) is 2.80. The number of para-hydroxylation sites is 1. The first-order valence-electron chi connectivity index (χ1n) is 10.6. The predicted molar refractivity (Wildman–Crippen MR) is 119 cm³/mol. The summed E-state index contributed by atoms with van der Waals surface area (Å²) in [5.74, 6) is -1.62. The van der Waals surface area contributed by atoms with Crippen LogP contribution in [0.15, 0.2) is 54.6 Å². The summed E-state index contributed by atoms with van der Waals surface area (Å²) < 4.78 is 16.3. The number of carbonyl (C=O) groups is 2. The van der Waals surface area contributed by atoms with Gasteiger partial charge in [-0.2, -0.15) is 0 Å². The lowest BCUT2D eigenvalue weighted by molar-refractivity contribution is -0.209. The average molecular weight is 479 g/mol. The Kier molecular flexibility index (Phi) is 8.68. The third-order valence-corrected chi connectivity index (χ3v) is 5.77. The molecule has 2 aromatic carbocycles. The van der Waals surface area contributed by atoms with Crippen LogP contribution in [0.4, 0.5) is 0 Å². The first-order valence-corrected chi connectivity index (χ1v) is 11.0. The van der Waals surface area contributed by atoms with E-state index < -0.39 is 42.5 Å². The molecule has 0 heterocycles. The third kappa shape index (κ3) is 6.91. The fourth-order valence-electron chi connectivity index (χ4n) is 3.76. The molecule has 0 spiro atoms. The highest BCUT2D eigenvalue weighted by molar-refractivity contribution is 6.30. The number of halogens is 1. The maximum Gasteiger partial charge on any atom is 0.344 e. The molecule has 1 aliphatic carbocycles. The molecule has 3 N–H and O–H groups in total. The van der Waals surface area contributed by atoms with Crippen LogP contribution < -0.4 is 4.74 Å². The first kappa shape index (κ1) is 25.0. The van der Waals surface area contributed by atoms with E-state index in [2.05, 4.69) is 0 Å². The van der Waals surface area contributed by atoms with Crippen LogP contribution in [0.5, 0.6) is 5.75 Å². The number of aliphatic hydroxyl groups excluding tert-OH is 2. The minimum atomic E-state index is -1.79. The topological polar surface area (TPSA) is 123 Å². The molecule has 3 rings (SSSR count). The Morgan fingerprint density at radius 2 is 1.73 bits per heavy atom. The molecular formula is C24H27ClO8. The van der Waals surface area contributed by atoms with Gasteiger partial charge in [-0.3, -0.25) is 0 Å². The van der Waals surface area contributed by atoms with Crippen LogP contribution >= 0.6 is 11.6 Å². The number of benzene rings is 2. The number of ether oxygens (including phenoxy) is 3. The van der Waals surface area contributed by atoms with Crippen LogP contribution in [0.3, 0.4) is 0 Å². The minimum absolute atomic E-state index is 0.107. The summed E-state index contributed by atoms with van der Waals surface area (Å²) in [6, 6.07) is 15.9. The van der Waals surface area contributed by atoms with Gasteiger partial charge in [0.15, 0.2) is 12.2 Å². The Hall–Kier alpha value is -2.65. The van der Waals surface area contributed by atoms with Crippen molar-refractivity contribution in [1.82, 2.24) is 0 Å². The molecular weight excluding hydrogens is 452 g/mol. The predicted octanol–water partition coefficient (Wildman–Crippen LogP) is 2.62. The van der Waals surface area contributed by atoms with Crippen molar-refractivity contribution in [3.05, 3.63) is 65.2 Å². The number of carboxylic acids is 1. The summed E-state index contributed by atoms with van der Waals surface area (Å²) in [7, 11) is 0. The summed E-state index contributed by atoms with van der Waals surface area (Å²) >= 11 is 5.88. The number of rotatable bonds is 10.